The number of nitrogens with zero attached hydrogens (tertiary/aromatic N) is 3. The lowest BCUT2D eigenvalue weighted by atomic mass is 10.1. The molecule has 2 aliphatic rings. The molecule has 0 aliphatic carbocycles. The maximum atomic E-state index is 5.98. The number of hydrogen-bond acceptors (Lipinski definition) is 4. The topological polar surface area (TPSA) is 28.6 Å². The van der Waals surface area contributed by atoms with Gasteiger partial charge in [-0.2, -0.15) is 0 Å². The number of likely N-dealkylation sites (tertiary alicyclic amines) is 1. The van der Waals surface area contributed by atoms with Crippen LogP contribution in [0, 0.1) is 11.8 Å². The Morgan fingerprint density at radius 3 is 2.26 bits per heavy atom. The summed E-state index contributed by atoms with van der Waals surface area (Å²) in [5.74, 6) is 6.43. The van der Waals surface area contributed by atoms with Crippen LogP contribution >= 0.6 is 11.6 Å². The van der Waals surface area contributed by atoms with Gasteiger partial charge in [0.1, 0.15) is 5.69 Å². The number of ether oxygens (including phenoxy) is 1. The maximum absolute atomic E-state index is 5.98. The largest absolute Gasteiger partial charge is 0.381 e. The number of pyridine rings is 1. The highest BCUT2D eigenvalue weighted by Gasteiger charge is 2.30. The Kier molecular flexibility index (Phi) is 7.16. The molecule has 0 saturated carbocycles. The van der Waals surface area contributed by atoms with Crippen molar-refractivity contribution in [1.82, 2.24) is 9.88 Å². The Morgan fingerprint density at radius 1 is 0.853 bits per heavy atom. The molecule has 1 aromatic heterocycles. The Bertz CT molecular complexity index is 1140. The lowest BCUT2D eigenvalue weighted by Gasteiger charge is -2.35. The molecule has 0 bridgehead atoms. The molecule has 2 saturated heterocycles. The van der Waals surface area contributed by atoms with Crippen molar-refractivity contribution < 1.29 is 4.74 Å². The quantitative estimate of drug-likeness (QED) is 0.470. The van der Waals surface area contributed by atoms with Gasteiger partial charge >= 0.3 is 0 Å². The van der Waals surface area contributed by atoms with E-state index in [9.17, 15) is 0 Å². The summed E-state index contributed by atoms with van der Waals surface area (Å²) in [7, 11) is 1.83. The van der Waals surface area contributed by atoms with Crippen molar-refractivity contribution in [2.75, 3.05) is 38.2 Å². The highest BCUT2D eigenvalue weighted by atomic mass is 35.5. The van der Waals surface area contributed by atoms with Crippen LogP contribution in [-0.2, 0) is 4.74 Å². The molecule has 3 heterocycles. The molecule has 5 heteroatoms. The molecule has 0 amide bonds. The van der Waals surface area contributed by atoms with Gasteiger partial charge < -0.3 is 9.64 Å². The van der Waals surface area contributed by atoms with Gasteiger partial charge in [0, 0.05) is 67.4 Å². The second kappa shape index (κ2) is 10.6. The molecular formula is C29H30ClN3O. The van der Waals surface area contributed by atoms with Gasteiger partial charge in [0.15, 0.2) is 0 Å². The summed E-state index contributed by atoms with van der Waals surface area (Å²) in [4.78, 5) is 9.66. The zero-order valence-corrected chi connectivity index (χ0v) is 20.3. The second-order valence-electron chi connectivity index (χ2n) is 9.10. The van der Waals surface area contributed by atoms with E-state index in [1.807, 2.05) is 49.7 Å². The number of hydrogen-bond donors (Lipinski definition) is 0. The second-order valence-corrected chi connectivity index (χ2v) is 9.53. The average molecular weight is 472 g/mol. The minimum absolute atomic E-state index is 0.444. The predicted molar refractivity (Wildman–Crippen MR) is 139 cm³/mol. The molecule has 5 rings (SSSR count). The highest BCUT2D eigenvalue weighted by Crippen LogP contribution is 2.26. The summed E-state index contributed by atoms with van der Waals surface area (Å²) in [5, 5.41) is 0.734. The first-order valence-corrected chi connectivity index (χ1v) is 12.4. The number of benzene rings is 2. The van der Waals surface area contributed by atoms with E-state index in [2.05, 4.69) is 50.9 Å². The molecule has 2 aromatic carbocycles. The third-order valence-corrected chi connectivity index (χ3v) is 7.25. The maximum Gasteiger partial charge on any atom is 0.113 e. The van der Waals surface area contributed by atoms with Crippen molar-refractivity contribution in [2.45, 2.75) is 31.4 Å². The van der Waals surface area contributed by atoms with Gasteiger partial charge in [-0.15, -0.1) is 0 Å². The normalized spacial score (nSPS) is 19.1. The molecular weight excluding hydrogens is 442 g/mol. The van der Waals surface area contributed by atoms with Crippen molar-refractivity contribution >= 4 is 17.3 Å². The number of aromatic nitrogens is 1. The van der Waals surface area contributed by atoms with Crippen molar-refractivity contribution in [3.63, 3.8) is 0 Å². The summed E-state index contributed by atoms with van der Waals surface area (Å²) >= 11 is 5.98. The minimum atomic E-state index is 0.444. The van der Waals surface area contributed by atoms with E-state index in [1.165, 1.54) is 12.1 Å². The summed E-state index contributed by atoms with van der Waals surface area (Å²) in [6, 6.07) is 21.1. The fourth-order valence-corrected chi connectivity index (χ4v) is 5.05. The van der Waals surface area contributed by atoms with Crippen LogP contribution in [0.25, 0.3) is 11.1 Å². The van der Waals surface area contributed by atoms with Crippen LogP contribution < -0.4 is 4.90 Å². The van der Waals surface area contributed by atoms with Crippen molar-refractivity contribution in [3.05, 3.63) is 83.1 Å². The van der Waals surface area contributed by atoms with Gasteiger partial charge in [0.2, 0.25) is 0 Å². The average Bonchev–Trinajstić information content (AvgIpc) is 3.39. The van der Waals surface area contributed by atoms with Crippen LogP contribution in [0.2, 0.25) is 5.02 Å². The molecule has 0 N–H and O–H groups in total. The summed E-state index contributed by atoms with van der Waals surface area (Å²) in [6.07, 6.45) is 5.84. The van der Waals surface area contributed by atoms with E-state index >= 15 is 0 Å². The first kappa shape index (κ1) is 22.9. The Morgan fingerprint density at radius 2 is 1.59 bits per heavy atom. The van der Waals surface area contributed by atoms with Gasteiger partial charge in [-0.3, -0.25) is 4.90 Å². The van der Waals surface area contributed by atoms with Crippen LogP contribution in [0.3, 0.4) is 0 Å². The van der Waals surface area contributed by atoms with E-state index in [0.29, 0.717) is 12.1 Å². The van der Waals surface area contributed by atoms with Crippen molar-refractivity contribution in [1.29, 1.82) is 0 Å². The Balaban J connectivity index is 1.17. The lowest BCUT2D eigenvalue weighted by Crippen LogP contribution is -2.44. The molecule has 1 atom stereocenters. The standard InChI is InChI=1S/C29H30ClN3O/c1-34-29-15-18-32(19-16-29)28-14-17-33(21-28)27-12-3-22(4-13-27)2-10-26-11-7-24(20-31-26)23-5-8-25(30)9-6-23/h3-9,11-13,20,28-29H,14-19,21H2,1H3. The summed E-state index contributed by atoms with van der Waals surface area (Å²) in [5.41, 5.74) is 5.20. The molecule has 34 heavy (non-hydrogen) atoms. The fourth-order valence-electron chi connectivity index (χ4n) is 4.92. The van der Waals surface area contributed by atoms with Crippen molar-refractivity contribution in [3.8, 4) is 23.0 Å². The molecule has 2 fully saturated rings. The van der Waals surface area contributed by atoms with E-state index < -0.39 is 0 Å². The first-order valence-electron chi connectivity index (χ1n) is 12.0. The number of rotatable bonds is 4. The van der Waals surface area contributed by atoms with Crippen molar-refractivity contribution in [2.24, 2.45) is 0 Å². The van der Waals surface area contributed by atoms with E-state index in [4.69, 9.17) is 16.3 Å². The first-order chi connectivity index (χ1) is 16.7. The van der Waals surface area contributed by atoms with E-state index in [0.717, 1.165) is 66.4 Å². The van der Waals surface area contributed by atoms with Gasteiger partial charge in [-0.05, 0) is 73.2 Å². The third kappa shape index (κ3) is 5.45. The molecule has 2 aliphatic heterocycles. The molecule has 174 valence electrons. The van der Waals surface area contributed by atoms with Gasteiger partial charge in [-0.25, -0.2) is 4.98 Å². The van der Waals surface area contributed by atoms with Crippen LogP contribution in [0.4, 0.5) is 5.69 Å². The Labute approximate surface area is 207 Å². The Hall–Kier alpha value is -2.84. The zero-order valence-electron chi connectivity index (χ0n) is 19.6. The number of methoxy groups -OCH3 is 1. The molecule has 1 unspecified atom stereocenters. The van der Waals surface area contributed by atoms with E-state index in [-0.39, 0.29) is 0 Å². The van der Waals surface area contributed by atoms with Crippen LogP contribution in [0.15, 0.2) is 66.9 Å². The number of halogens is 1. The highest BCUT2D eigenvalue weighted by molar-refractivity contribution is 6.30. The smallest absolute Gasteiger partial charge is 0.113 e. The summed E-state index contributed by atoms with van der Waals surface area (Å²) < 4.78 is 5.52. The number of anilines is 1. The molecule has 4 nitrogen and oxygen atoms in total. The van der Waals surface area contributed by atoms with Crippen LogP contribution in [0.5, 0.6) is 0 Å². The summed E-state index contributed by atoms with van der Waals surface area (Å²) in [6.45, 7) is 4.52. The SMILES string of the molecule is COC1CCN(C2CCN(c3ccc(C#Cc4ccc(-c5ccc(Cl)cc5)cn4)cc3)C2)CC1. The van der Waals surface area contributed by atoms with Crippen LogP contribution in [0.1, 0.15) is 30.5 Å². The van der Waals surface area contributed by atoms with Gasteiger partial charge in [0.05, 0.1) is 6.10 Å². The van der Waals surface area contributed by atoms with Gasteiger partial charge in [-0.1, -0.05) is 35.7 Å². The van der Waals surface area contributed by atoms with Gasteiger partial charge in [0.25, 0.3) is 0 Å². The number of piperidine rings is 1. The molecule has 3 aromatic rings. The third-order valence-electron chi connectivity index (χ3n) is 7.00. The lowest BCUT2D eigenvalue weighted by molar-refractivity contribution is 0.0302. The predicted octanol–water partition coefficient (Wildman–Crippen LogP) is 5.49. The minimum Gasteiger partial charge on any atom is -0.381 e. The molecule has 0 radical (unpaired) electrons. The zero-order chi connectivity index (χ0) is 23.3. The monoisotopic (exact) mass is 471 g/mol. The molecule has 0 spiro atoms. The van der Waals surface area contributed by atoms with Crippen LogP contribution in [-0.4, -0.2) is 55.3 Å². The fraction of sp³-hybridized carbons (Fsp3) is 0.345. The van der Waals surface area contributed by atoms with E-state index in [1.54, 1.807) is 0 Å².